The van der Waals surface area contributed by atoms with E-state index in [1.165, 1.54) is 5.56 Å². The molecule has 1 atom stereocenters. The molecule has 2 N–H and O–H groups in total. The van der Waals surface area contributed by atoms with E-state index >= 15 is 0 Å². The summed E-state index contributed by atoms with van der Waals surface area (Å²) in [5.41, 5.74) is 2.27. The van der Waals surface area contributed by atoms with E-state index in [-0.39, 0.29) is 25.0 Å². The highest BCUT2D eigenvalue weighted by molar-refractivity contribution is 5.79. The standard InChI is InChI=1S/C16H21NO4/c1-10-3-6-13(7-11(10)2)21-9-15(18)17-14(8-16(19)20)12-4-5-12/h3,6-7,12,14H,4-5,8-9H2,1-2H3,(H,17,18)(H,19,20). The van der Waals surface area contributed by atoms with E-state index in [0.717, 1.165) is 18.4 Å². The Kier molecular flexibility index (Phi) is 4.83. The Hall–Kier alpha value is -2.04. The maximum absolute atomic E-state index is 11.9. The minimum Gasteiger partial charge on any atom is -0.484 e. The fourth-order valence-electron chi connectivity index (χ4n) is 2.22. The molecule has 1 aliphatic rings. The molecule has 1 unspecified atom stereocenters. The first-order chi connectivity index (χ1) is 9.95. The molecule has 0 aliphatic heterocycles. The summed E-state index contributed by atoms with van der Waals surface area (Å²) in [6.07, 6.45) is 1.94. The Morgan fingerprint density at radius 1 is 1.33 bits per heavy atom. The summed E-state index contributed by atoms with van der Waals surface area (Å²) >= 11 is 0. The van der Waals surface area contributed by atoms with Crippen molar-refractivity contribution in [3.8, 4) is 5.75 Å². The molecule has 1 amide bonds. The van der Waals surface area contributed by atoms with Crippen LogP contribution < -0.4 is 10.1 Å². The molecule has 0 heterocycles. The van der Waals surface area contributed by atoms with Crippen LogP contribution in [0.4, 0.5) is 0 Å². The van der Waals surface area contributed by atoms with Crippen molar-refractivity contribution in [3.05, 3.63) is 29.3 Å². The van der Waals surface area contributed by atoms with Gasteiger partial charge in [0.05, 0.1) is 6.42 Å². The average molecular weight is 291 g/mol. The lowest BCUT2D eigenvalue weighted by molar-refractivity contribution is -0.138. The lowest BCUT2D eigenvalue weighted by atomic mass is 10.1. The molecule has 2 rings (SSSR count). The first kappa shape index (κ1) is 15.4. The van der Waals surface area contributed by atoms with Gasteiger partial charge in [0.1, 0.15) is 5.75 Å². The molecule has 1 aromatic rings. The van der Waals surface area contributed by atoms with Crippen LogP contribution >= 0.6 is 0 Å². The van der Waals surface area contributed by atoms with E-state index in [9.17, 15) is 9.59 Å². The van der Waals surface area contributed by atoms with Gasteiger partial charge in [-0.15, -0.1) is 0 Å². The number of aliphatic carboxylic acids is 1. The van der Waals surface area contributed by atoms with E-state index in [4.69, 9.17) is 9.84 Å². The lowest BCUT2D eigenvalue weighted by Gasteiger charge is -2.16. The number of amides is 1. The highest BCUT2D eigenvalue weighted by Crippen LogP contribution is 2.34. The minimum absolute atomic E-state index is 0.0277. The van der Waals surface area contributed by atoms with Gasteiger partial charge in [-0.2, -0.15) is 0 Å². The largest absolute Gasteiger partial charge is 0.484 e. The number of rotatable bonds is 7. The SMILES string of the molecule is Cc1ccc(OCC(=O)NC(CC(=O)O)C2CC2)cc1C. The summed E-state index contributed by atoms with van der Waals surface area (Å²) in [5, 5.41) is 11.6. The number of nitrogens with one attached hydrogen (secondary N) is 1. The van der Waals surface area contributed by atoms with E-state index in [1.807, 2.05) is 32.0 Å². The van der Waals surface area contributed by atoms with Crippen molar-refractivity contribution >= 4 is 11.9 Å². The quantitative estimate of drug-likeness (QED) is 0.806. The Labute approximate surface area is 124 Å². The van der Waals surface area contributed by atoms with Gasteiger partial charge in [-0.05, 0) is 55.9 Å². The van der Waals surface area contributed by atoms with Gasteiger partial charge in [0, 0.05) is 6.04 Å². The molecule has 21 heavy (non-hydrogen) atoms. The number of carboxylic acid groups (broad SMARTS) is 1. The first-order valence-electron chi connectivity index (χ1n) is 7.17. The molecule has 0 spiro atoms. The van der Waals surface area contributed by atoms with Crippen LogP contribution in [-0.4, -0.2) is 29.6 Å². The van der Waals surface area contributed by atoms with Gasteiger partial charge in [-0.1, -0.05) is 6.07 Å². The molecule has 0 aromatic heterocycles. The number of ether oxygens (including phenoxy) is 1. The number of carbonyl (C=O) groups is 2. The summed E-state index contributed by atoms with van der Waals surface area (Å²) in [5.74, 6) is -0.213. The first-order valence-corrected chi connectivity index (χ1v) is 7.17. The molecule has 0 saturated heterocycles. The Bertz CT molecular complexity index is 537. The molecular weight excluding hydrogens is 270 g/mol. The second-order valence-electron chi connectivity index (χ2n) is 5.64. The van der Waals surface area contributed by atoms with Crippen molar-refractivity contribution in [1.29, 1.82) is 0 Å². The molecule has 0 bridgehead atoms. The van der Waals surface area contributed by atoms with Crippen molar-refractivity contribution < 1.29 is 19.4 Å². The Balaban J connectivity index is 1.83. The topological polar surface area (TPSA) is 75.6 Å². The third-order valence-corrected chi connectivity index (χ3v) is 3.78. The van der Waals surface area contributed by atoms with Crippen LogP contribution in [0, 0.1) is 19.8 Å². The van der Waals surface area contributed by atoms with Crippen molar-refractivity contribution in [2.24, 2.45) is 5.92 Å². The molecule has 5 heteroatoms. The van der Waals surface area contributed by atoms with Gasteiger partial charge in [-0.3, -0.25) is 9.59 Å². The minimum atomic E-state index is -0.887. The van der Waals surface area contributed by atoms with Gasteiger partial charge in [0.25, 0.3) is 5.91 Å². The molecule has 5 nitrogen and oxygen atoms in total. The normalized spacial score (nSPS) is 15.3. The second-order valence-corrected chi connectivity index (χ2v) is 5.64. The van der Waals surface area contributed by atoms with Crippen molar-refractivity contribution in [1.82, 2.24) is 5.32 Å². The van der Waals surface area contributed by atoms with Crippen LogP contribution in [0.1, 0.15) is 30.4 Å². The zero-order valence-corrected chi connectivity index (χ0v) is 12.4. The summed E-state index contributed by atoms with van der Waals surface area (Å²) in [4.78, 5) is 22.7. The van der Waals surface area contributed by atoms with Crippen molar-refractivity contribution in [2.45, 2.75) is 39.2 Å². The number of hydrogen-bond donors (Lipinski definition) is 2. The number of benzene rings is 1. The Morgan fingerprint density at radius 2 is 2.05 bits per heavy atom. The number of hydrogen-bond acceptors (Lipinski definition) is 3. The highest BCUT2D eigenvalue weighted by atomic mass is 16.5. The molecule has 114 valence electrons. The van der Waals surface area contributed by atoms with Crippen LogP contribution in [0.25, 0.3) is 0 Å². The van der Waals surface area contributed by atoms with Crippen molar-refractivity contribution in [3.63, 3.8) is 0 Å². The van der Waals surface area contributed by atoms with Gasteiger partial charge < -0.3 is 15.2 Å². The van der Waals surface area contributed by atoms with Gasteiger partial charge in [-0.25, -0.2) is 0 Å². The van der Waals surface area contributed by atoms with Gasteiger partial charge in [0.2, 0.25) is 0 Å². The lowest BCUT2D eigenvalue weighted by Crippen LogP contribution is -2.40. The van der Waals surface area contributed by atoms with E-state index in [2.05, 4.69) is 5.32 Å². The van der Waals surface area contributed by atoms with Gasteiger partial charge >= 0.3 is 5.97 Å². The smallest absolute Gasteiger partial charge is 0.305 e. The molecule has 1 fully saturated rings. The van der Waals surface area contributed by atoms with Crippen LogP contribution in [0.3, 0.4) is 0 Å². The van der Waals surface area contributed by atoms with E-state index in [0.29, 0.717) is 11.7 Å². The van der Waals surface area contributed by atoms with E-state index in [1.54, 1.807) is 0 Å². The average Bonchev–Trinajstić information content (AvgIpc) is 3.23. The summed E-state index contributed by atoms with van der Waals surface area (Å²) in [6.45, 7) is 3.90. The van der Waals surface area contributed by atoms with Crippen LogP contribution in [0.15, 0.2) is 18.2 Å². The van der Waals surface area contributed by atoms with Crippen LogP contribution in [0.2, 0.25) is 0 Å². The third kappa shape index (κ3) is 4.77. The summed E-state index contributed by atoms with van der Waals surface area (Å²) in [6, 6.07) is 5.38. The third-order valence-electron chi connectivity index (χ3n) is 3.78. The molecule has 1 saturated carbocycles. The maximum atomic E-state index is 11.9. The second kappa shape index (κ2) is 6.61. The fourth-order valence-corrected chi connectivity index (χ4v) is 2.22. The summed E-state index contributed by atoms with van der Waals surface area (Å²) in [7, 11) is 0. The molecule has 0 radical (unpaired) electrons. The molecule has 1 aliphatic carbocycles. The highest BCUT2D eigenvalue weighted by Gasteiger charge is 2.33. The predicted octanol–water partition coefficient (Wildman–Crippen LogP) is 2.05. The summed E-state index contributed by atoms with van der Waals surface area (Å²) < 4.78 is 5.45. The zero-order chi connectivity index (χ0) is 15.4. The molecule has 1 aromatic carbocycles. The fraction of sp³-hybridized carbons (Fsp3) is 0.500. The number of aryl methyl sites for hydroxylation is 2. The zero-order valence-electron chi connectivity index (χ0n) is 12.4. The van der Waals surface area contributed by atoms with E-state index < -0.39 is 5.97 Å². The van der Waals surface area contributed by atoms with Gasteiger partial charge in [0.15, 0.2) is 6.61 Å². The predicted molar refractivity (Wildman–Crippen MR) is 78.3 cm³/mol. The number of carbonyl (C=O) groups excluding carboxylic acids is 1. The number of carboxylic acids is 1. The monoisotopic (exact) mass is 291 g/mol. The van der Waals surface area contributed by atoms with Crippen LogP contribution in [-0.2, 0) is 9.59 Å². The molecular formula is C16H21NO4. The van der Waals surface area contributed by atoms with Crippen molar-refractivity contribution in [2.75, 3.05) is 6.61 Å². The Morgan fingerprint density at radius 3 is 2.62 bits per heavy atom. The maximum Gasteiger partial charge on any atom is 0.305 e. The van der Waals surface area contributed by atoms with Crippen LogP contribution in [0.5, 0.6) is 5.75 Å².